The molecule has 0 saturated carbocycles. The molecule has 1 aliphatic heterocycles. The van der Waals surface area contributed by atoms with Gasteiger partial charge in [0.2, 0.25) is 5.91 Å². The average Bonchev–Trinajstić information content (AvgIpc) is 3.18. The van der Waals surface area contributed by atoms with E-state index < -0.39 is 0 Å². The normalized spacial score (nSPS) is 17.6. The molecule has 3 rings (SSSR count). The van der Waals surface area contributed by atoms with Crippen LogP contribution in [0.25, 0.3) is 0 Å². The smallest absolute Gasteiger partial charge is 0.228 e. The van der Waals surface area contributed by atoms with E-state index in [-0.39, 0.29) is 5.91 Å². The van der Waals surface area contributed by atoms with Gasteiger partial charge >= 0.3 is 0 Å². The first-order valence-corrected chi connectivity index (χ1v) is 8.60. The first-order chi connectivity index (χ1) is 10.6. The van der Waals surface area contributed by atoms with Crippen LogP contribution in [0.3, 0.4) is 0 Å². The maximum Gasteiger partial charge on any atom is 0.228 e. The lowest BCUT2D eigenvalue weighted by Crippen LogP contribution is -2.49. The zero-order valence-electron chi connectivity index (χ0n) is 13.1. The number of rotatable bonds is 4. The van der Waals surface area contributed by atoms with Crippen LogP contribution in [0.15, 0.2) is 29.1 Å². The van der Waals surface area contributed by atoms with Crippen molar-refractivity contribution in [3.8, 4) is 0 Å². The van der Waals surface area contributed by atoms with E-state index >= 15 is 0 Å². The van der Waals surface area contributed by atoms with E-state index in [0.717, 1.165) is 31.9 Å². The number of aromatic nitrogens is 2. The van der Waals surface area contributed by atoms with Crippen molar-refractivity contribution in [2.75, 3.05) is 26.2 Å². The van der Waals surface area contributed by atoms with Crippen LogP contribution < -0.4 is 0 Å². The Morgan fingerprint density at radius 3 is 2.68 bits per heavy atom. The van der Waals surface area contributed by atoms with Crippen molar-refractivity contribution in [1.82, 2.24) is 19.6 Å². The molecule has 0 aliphatic carbocycles. The maximum absolute atomic E-state index is 12.3. The predicted octanol–water partition coefficient (Wildman–Crippen LogP) is 1.93. The minimum Gasteiger partial charge on any atom is -0.340 e. The highest BCUT2D eigenvalue weighted by Crippen LogP contribution is 2.23. The second-order valence-electron chi connectivity index (χ2n) is 5.81. The minimum atomic E-state index is 0.182. The van der Waals surface area contributed by atoms with E-state index in [1.807, 2.05) is 24.2 Å². The van der Waals surface area contributed by atoms with Crippen molar-refractivity contribution < 1.29 is 4.79 Å². The number of aryl methyl sites for hydroxylation is 1. The highest BCUT2D eigenvalue weighted by molar-refractivity contribution is 7.07. The SMILES string of the molecule is C[C@@H](c1ccsc1)N1CCN(C(=O)Cc2ccn(C)n2)CC1. The van der Waals surface area contributed by atoms with Crippen molar-refractivity contribution in [3.63, 3.8) is 0 Å². The van der Waals surface area contributed by atoms with Gasteiger partial charge in [0.05, 0.1) is 12.1 Å². The summed E-state index contributed by atoms with van der Waals surface area (Å²) in [7, 11) is 1.87. The standard InChI is InChI=1S/C16H22N4OS/c1-13(14-4-10-22-12-14)19-6-8-20(9-7-19)16(21)11-15-3-5-18(2)17-15/h3-5,10,12-13H,6-9,11H2,1-2H3/t13-/m0/s1. The summed E-state index contributed by atoms with van der Waals surface area (Å²) in [6.45, 7) is 5.73. The molecule has 1 atom stereocenters. The summed E-state index contributed by atoms with van der Waals surface area (Å²) in [6.07, 6.45) is 2.28. The quantitative estimate of drug-likeness (QED) is 0.865. The van der Waals surface area contributed by atoms with Gasteiger partial charge in [0.1, 0.15) is 0 Å². The molecule has 1 saturated heterocycles. The molecular weight excluding hydrogens is 296 g/mol. The first kappa shape index (κ1) is 15.2. The van der Waals surface area contributed by atoms with Crippen LogP contribution in [0.1, 0.15) is 24.2 Å². The fourth-order valence-corrected chi connectivity index (χ4v) is 3.65. The Balaban J connectivity index is 1.52. The van der Waals surface area contributed by atoms with Gasteiger partial charge in [0.25, 0.3) is 0 Å². The molecule has 0 bridgehead atoms. The summed E-state index contributed by atoms with van der Waals surface area (Å²) in [6, 6.07) is 4.53. The molecular formula is C16H22N4OS. The Morgan fingerprint density at radius 2 is 2.09 bits per heavy atom. The van der Waals surface area contributed by atoms with Gasteiger partial charge in [0, 0.05) is 45.5 Å². The Labute approximate surface area is 135 Å². The highest BCUT2D eigenvalue weighted by atomic mass is 32.1. The Hall–Kier alpha value is -1.66. The van der Waals surface area contributed by atoms with Gasteiger partial charge in [-0.1, -0.05) is 0 Å². The van der Waals surface area contributed by atoms with Gasteiger partial charge in [0.15, 0.2) is 0 Å². The zero-order valence-corrected chi connectivity index (χ0v) is 13.9. The van der Waals surface area contributed by atoms with E-state index in [1.165, 1.54) is 5.56 Å². The van der Waals surface area contributed by atoms with Crippen molar-refractivity contribution in [3.05, 3.63) is 40.3 Å². The van der Waals surface area contributed by atoms with E-state index in [4.69, 9.17) is 0 Å². The number of carbonyl (C=O) groups is 1. The third kappa shape index (κ3) is 3.39. The first-order valence-electron chi connectivity index (χ1n) is 7.66. The summed E-state index contributed by atoms with van der Waals surface area (Å²) in [5.41, 5.74) is 2.22. The summed E-state index contributed by atoms with van der Waals surface area (Å²) in [4.78, 5) is 16.8. The molecule has 118 valence electrons. The molecule has 0 radical (unpaired) electrons. The molecule has 2 aromatic heterocycles. The Bertz CT molecular complexity index is 614. The molecule has 2 aromatic rings. The van der Waals surface area contributed by atoms with Crippen molar-refractivity contribution >= 4 is 17.2 Å². The average molecular weight is 318 g/mol. The van der Waals surface area contributed by atoms with Crippen LogP contribution in [-0.2, 0) is 18.3 Å². The van der Waals surface area contributed by atoms with E-state index in [1.54, 1.807) is 16.0 Å². The summed E-state index contributed by atoms with van der Waals surface area (Å²) in [5, 5.41) is 8.62. The lowest BCUT2D eigenvalue weighted by atomic mass is 10.1. The number of thiophene rings is 1. The topological polar surface area (TPSA) is 41.4 Å². The Morgan fingerprint density at radius 1 is 1.32 bits per heavy atom. The fourth-order valence-electron chi connectivity index (χ4n) is 2.91. The van der Waals surface area contributed by atoms with Gasteiger partial charge in [-0.05, 0) is 35.4 Å². The second kappa shape index (κ2) is 6.62. The van der Waals surface area contributed by atoms with Crippen LogP contribution in [0.2, 0.25) is 0 Å². The maximum atomic E-state index is 12.3. The van der Waals surface area contributed by atoms with E-state index in [9.17, 15) is 4.79 Å². The molecule has 22 heavy (non-hydrogen) atoms. The molecule has 1 aliphatic rings. The molecule has 5 nitrogen and oxygen atoms in total. The molecule has 1 amide bonds. The van der Waals surface area contributed by atoms with E-state index in [0.29, 0.717) is 12.5 Å². The largest absolute Gasteiger partial charge is 0.340 e. The molecule has 0 N–H and O–H groups in total. The van der Waals surface area contributed by atoms with Gasteiger partial charge in [-0.15, -0.1) is 0 Å². The minimum absolute atomic E-state index is 0.182. The lowest BCUT2D eigenvalue weighted by Gasteiger charge is -2.38. The molecule has 3 heterocycles. The van der Waals surface area contributed by atoms with Gasteiger partial charge in [-0.2, -0.15) is 16.4 Å². The van der Waals surface area contributed by atoms with E-state index in [2.05, 4.69) is 33.7 Å². The van der Waals surface area contributed by atoms with Crippen LogP contribution in [0.4, 0.5) is 0 Å². The van der Waals surface area contributed by atoms with Crippen molar-refractivity contribution in [1.29, 1.82) is 0 Å². The van der Waals surface area contributed by atoms with Crippen LogP contribution in [-0.4, -0.2) is 51.7 Å². The van der Waals surface area contributed by atoms with Crippen LogP contribution in [0, 0.1) is 0 Å². The predicted molar refractivity (Wildman–Crippen MR) is 87.8 cm³/mol. The van der Waals surface area contributed by atoms with Gasteiger partial charge in [-0.3, -0.25) is 14.4 Å². The second-order valence-corrected chi connectivity index (χ2v) is 6.59. The number of amides is 1. The zero-order chi connectivity index (χ0) is 15.5. The molecule has 1 fully saturated rings. The number of piperazine rings is 1. The number of hydrogen-bond acceptors (Lipinski definition) is 4. The summed E-state index contributed by atoms with van der Waals surface area (Å²) < 4.78 is 1.74. The summed E-state index contributed by atoms with van der Waals surface area (Å²) >= 11 is 1.74. The third-order valence-corrected chi connectivity index (χ3v) is 5.04. The lowest BCUT2D eigenvalue weighted by molar-refractivity contribution is -0.132. The summed E-state index contributed by atoms with van der Waals surface area (Å²) in [5.74, 6) is 0.182. The van der Waals surface area contributed by atoms with Crippen LogP contribution in [0.5, 0.6) is 0 Å². The van der Waals surface area contributed by atoms with Gasteiger partial charge in [-0.25, -0.2) is 0 Å². The molecule has 0 aromatic carbocycles. The number of carbonyl (C=O) groups excluding carboxylic acids is 1. The number of hydrogen-bond donors (Lipinski definition) is 0. The monoisotopic (exact) mass is 318 g/mol. The highest BCUT2D eigenvalue weighted by Gasteiger charge is 2.25. The third-order valence-electron chi connectivity index (χ3n) is 4.34. The van der Waals surface area contributed by atoms with Crippen molar-refractivity contribution in [2.45, 2.75) is 19.4 Å². The Kier molecular flexibility index (Phi) is 4.59. The van der Waals surface area contributed by atoms with Crippen molar-refractivity contribution in [2.24, 2.45) is 7.05 Å². The fraction of sp³-hybridized carbons (Fsp3) is 0.500. The molecule has 0 unspecified atom stereocenters. The molecule has 6 heteroatoms. The van der Waals surface area contributed by atoms with Gasteiger partial charge < -0.3 is 4.90 Å². The van der Waals surface area contributed by atoms with Crippen LogP contribution >= 0.6 is 11.3 Å². The number of nitrogens with zero attached hydrogens (tertiary/aromatic N) is 4. The molecule has 0 spiro atoms.